The van der Waals surface area contributed by atoms with Gasteiger partial charge in [0, 0.05) is 12.7 Å². The summed E-state index contributed by atoms with van der Waals surface area (Å²) in [5, 5.41) is 0. The fraction of sp³-hybridized carbons (Fsp3) is 0.545. The van der Waals surface area contributed by atoms with Crippen LogP contribution in [-0.4, -0.2) is 24.2 Å². The van der Waals surface area contributed by atoms with E-state index in [2.05, 4.69) is 4.98 Å². The first-order valence-corrected chi connectivity index (χ1v) is 5.39. The summed E-state index contributed by atoms with van der Waals surface area (Å²) >= 11 is 0. The fourth-order valence-electron chi connectivity index (χ4n) is 1.87. The van der Waals surface area contributed by atoms with Crippen molar-refractivity contribution in [3.8, 4) is 0 Å². The van der Waals surface area contributed by atoms with Crippen LogP contribution in [0.15, 0.2) is 18.3 Å². The van der Waals surface area contributed by atoms with Gasteiger partial charge in [-0.2, -0.15) is 13.2 Å². The molecule has 0 radical (unpaired) electrons. The van der Waals surface area contributed by atoms with E-state index < -0.39 is 17.9 Å². The predicted octanol–water partition coefficient (Wildman–Crippen LogP) is 3.04. The lowest BCUT2D eigenvalue weighted by Crippen LogP contribution is -2.36. The van der Waals surface area contributed by atoms with Crippen LogP contribution >= 0.6 is 0 Å². The molecule has 1 atom stereocenters. The number of anilines is 1. The topological polar surface area (TPSA) is 16.1 Å². The fourth-order valence-corrected chi connectivity index (χ4v) is 1.87. The SMILES string of the molecule is FC1CCCN(c2ccc(C(F)(F)F)cn2)C1. The molecule has 0 aliphatic carbocycles. The summed E-state index contributed by atoms with van der Waals surface area (Å²) in [7, 11) is 0. The van der Waals surface area contributed by atoms with Gasteiger partial charge in [0.15, 0.2) is 0 Å². The van der Waals surface area contributed by atoms with Gasteiger partial charge < -0.3 is 4.90 Å². The number of aromatic nitrogens is 1. The van der Waals surface area contributed by atoms with Gasteiger partial charge in [0.25, 0.3) is 0 Å². The van der Waals surface area contributed by atoms with E-state index in [0.29, 0.717) is 25.2 Å². The molecule has 2 rings (SSSR count). The highest BCUT2D eigenvalue weighted by atomic mass is 19.4. The first-order valence-electron chi connectivity index (χ1n) is 5.39. The van der Waals surface area contributed by atoms with Crippen LogP contribution in [0.25, 0.3) is 0 Å². The number of piperidine rings is 1. The summed E-state index contributed by atoms with van der Waals surface area (Å²) in [6.07, 6.45) is -3.30. The summed E-state index contributed by atoms with van der Waals surface area (Å²) in [6, 6.07) is 2.27. The maximum atomic E-state index is 13.1. The molecular formula is C11H12F4N2. The van der Waals surface area contributed by atoms with Gasteiger partial charge in [0.2, 0.25) is 0 Å². The van der Waals surface area contributed by atoms with E-state index in [1.165, 1.54) is 6.07 Å². The van der Waals surface area contributed by atoms with Crippen LogP contribution in [0, 0.1) is 0 Å². The molecule has 1 aromatic heterocycles. The Morgan fingerprint density at radius 1 is 1.29 bits per heavy atom. The van der Waals surface area contributed by atoms with Crippen LogP contribution < -0.4 is 4.90 Å². The molecule has 0 amide bonds. The van der Waals surface area contributed by atoms with Gasteiger partial charge in [-0.15, -0.1) is 0 Å². The Morgan fingerprint density at radius 3 is 2.59 bits per heavy atom. The number of hydrogen-bond donors (Lipinski definition) is 0. The second-order valence-corrected chi connectivity index (χ2v) is 4.09. The van der Waals surface area contributed by atoms with Crippen molar-refractivity contribution in [1.82, 2.24) is 4.98 Å². The Morgan fingerprint density at radius 2 is 2.06 bits per heavy atom. The molecule has 1 aliphatic rings. The van der Waals surface area contributed by atoms with Gasteiger partial charge in [-0.1, -0.05) is 0 Å². The Bertz CT molecular complexity index is 374. The van der Waals surface area contributed by atoms with Gasteiger partial charge in [-0.25, -0.2) is 9.37 Å². The molecule has 1 aromatic rings. The Balaban J connectivity index is 2.12. The van der Waals surface area contributed by atoms with E-state index in [1.807, 2.05) is 0 Å². The standard InChI is InChI=1S/C11H12F4N2/c12-9-2-1-5-17(7-9)10-4-3-8(6-16-10)11(13,14)15/h3-4,6,9H,1-2,5,7H2. The van der Waals surface area contributed by atoms with Crippen molar-refractivity contribution in [2.24, 2.45) is 0 Å². The third kappa shape index (κ3) is 2.87. The second kappa shape index (κ2) is 4.50. The molecule has 2 nitrogen and oxygen atoms in total. The van der Waals surface area contributed by atoms with E-state index in [0.717, 1.165) is 12.3 Å². The van der Waals surface area contributed by atoms with Gasteiger partial charge in [-0.3, -0.25) is 0 Å². The van der Waals surface area contributed by atoms with Crippen molar-refractivity contribution >= 4 is 5.82 Å². The zero-order valence-corrected chi connectivity index (χ0v) is 9.04. The maximum Gasteiger partial charge on any atom is 0.417 e. The molecule has 0 aromatic carbocycles. The smallest absolute Gasteiger partial charge is 0.354 e. The van der Waals surface area contributed by atoms with Crippen LogP contribution in [0.5, 0.6) is 0 Å². The minimum atomic E-state index is -4.38. The van der Waals surface area contributed by atoms with E-state index in [4.69, 9.17) is 0 Å². The van der Waals surface area contributed by atoms with Crippen LogP contribution in [-0.2, 0) is 6.18 Å². The molecule has 17 heavy (non-hydrogen) atoms. The number of hydrogen-bond acceptors (Lipinski definition) is 2. The van der Waals surface area contributed by atoms with E-state index in [-0.39, 0.29) is 6.54 Å². The van der Waals surface area contributed by atoms with Crippen molar-refractivity contribution in [3.05, 3.63) is 23.9 Å². The van der Waals surface area contributed by atoms with E-state index in [9.17, 15) is 17.6 Å². The minimum Gasteiger partial charge on any atom is -0.354 e. The molecule has 94 valence electrons. The lowest BCUT2D eigenvalue weighted by Gasteiger charge is -2.30. The normalized spacial score (nSPS) is 21.6. The van der Waals surface area contributed by atoms with Gasteiger partial charge >= 0.3 is 6.18 Å². The maximum absolute atomic E-state index is 13.1. The molecule has 1 unspecified atom stereocenters. The molecule has 0 bridgehead atoms. The van der Waals surface area contributed by atoms with Crippen molar-refractivity contribution in [2.45, 2.75) is 25.2 Å². The number of rotatable bonds is 1. The lowest BCUT2D eigenvalue weighted by atomic mass is 10.1. The Kier molecular flexibility index (Phi) is 3.22. The zero-order valence-electron chi connectivity index (χ0n) is 9.04. The number of nitrogens with zero attached hydrogens (tertiary/aromatic N) is 2. The lowest BCUT2D eigenvalue weighted by molar-refractivity contribution is -0.137. The van der Waals surface area contributed by atoms with Gasteiger partial charge in [0.05, 0.1) is 12.1 Å². The van der Waals surface area contributed by atoms with Gasteiger partial charge in [-0.05, 0) is 25.0 Å². The molecule has 2 heterocycles. The number of halogens is 4. The van der Waals surface area contributed by atoms with Crippen LogP contribution in [0.3, 0.4) is 0 Å². The van der Waals surface area contributed by atoms with Crippen LogP contribution in [0.4, 0.5) is 23.4 Å². The average molecular weight is 248 g/mol. The van der Waals surface area contributed by atoms with E-state index >= 15 is 0 Å². The molecule has 0 N–H and O–H groups in total. The largest absolute Gasteiger partial charge is 0.417 e. The van der Waals surface area contributed by atoms with Crippen molar-refractivity contribution in [2.75, 3.05) is 18.0 Å². The molecule has 1 saturated heterocycles. The highest BCUT2D eigenvalue weighted by Gasteiger charge is 2.31. The third-order valence-electron chi connectivity index (χ3n) is 2.76. The molecule has 6 heteroatoms. The first-order chi connectivity index (χ1) is 7.97. The number of pyridine rings is 1. The Hall–Kier alpha value is -1.33. The molecule has 0 spiro atoms. The summed E-state index contributed by atoms with van der Waals surface area (Å²) in [6.45, 7) is 0.844. The average Bonchev–Trinajstić information content (AvgIpc) is 2.28. The predicted molar refractivity (Wildman–Crippen MR) is 55.6 cm³/mol. The van der Waals surface area contributed by atoms with Crippen molar-refractivity contribution < 1.29 is 17.6 Å². The highest BCUT2D eigenvalue weighted by Crippen LogP contribution is 2.29. The second-order valence-electron chi connectivity index (χ2n) is 4.09. The molecule has 1 fully saturated rings. The molecule has 0 saturated carbocycles. The van der Waals surface area contributed by atoms with Crippen LogP contribution in [0.2, 0.25) is 0 Å². The molecule has 1 aliphatic heterocycles. The monoisotopic (exact) mass is 248 g/mol. The third-order valence-corrected chi connectivity index (χ3v) is 2.76. The summed E-state index contributed by atoms with van der Waals surface area (Å²) in [5.41, 5.74) is -0.782. The van der Waals surface area contributed by atoms with Crippen molar-refractivity contribution in [3.63, 3.8) is 0 Å². The van der Waals surface area contributed by atoms with Crippen molar-refractivity contribution in [1.29, 1.82) is 0 Å². The van der Waals surface area contributed by atoms with Crippen LogP contribution in [0.1, 0.15) is 18.4 Å². The first kappa shape index (κ1) is 12.1. The quantitative estimate of drug-likeness (QED) is 0.710. The highest BCUT2D eigenvalue weighted by molar-refractivity contribution is 5.40. The molecular weight excluding hydrogens is 236 g/mol. The summed E-state index contributed by atoms with van der Waals surface area (Å²) < 4.78 is 50.1. The summed E-state index contributed by atoms with van der Waals surface area (Å²) in [5.74, 6) is 0.403. The Labute approximate surface area is 96.3 Å². The zero-order chi connectivity index (χ0) is 12.5. The van der Waals surface area contributed by atoms with E-state index in [1.54, 1.807) is 4.90 Å². The van der Waals surface area contributed by atoms with Gasteiger partial charge in [0.1, 0.15) is 12.0 Å². The summed E-state index contributed by atoms with van der Waals surface area (Å²) in [4.78, 5) is 5.42. The minimum absolute atomic E-state index is 0.207. The number of alkyl halides is 4.